The highest BCUT2D eigenvalue weighted by atomic mass is 16.5. The topological polar surface area (TPSA) is 84.6 Å². The van der Waals surface area contributed by atoms with Crippen molar-refractivity contribution in [2.45, 2.75) is 6.92 Å². The maximum atomic E-state index is 12.1. The number of amides is 1. The number of aryl methyl sites for hydroxylation is 1. The van der Waals surface area contributed by atoms with Crippen LogP contribution in [0.5, 0.6) is 11.5 Å². The van der Waals surface area contributed by atoms with Crippen molar-refractivity contribution in [3.63, 3.8) is 0 Å². The van der Waals surface area contributed by atoms with E-state index in [1.165, 1.54) is 13.2 Å². The summed E-state index contributed by atoms with van der Waals surface area (Å²) in [5, 5.41) is 12.5. The summed E-state index contributed by atoms with van der Waals surface area (Å²) in [5.74, 6) is 0.0917. The second-order valence-electron chi connectivity index (χ2n) is 4.43. The fourth-order valence-corrected chi connectivity index (χ4v) is 1.79. The van der Waals surface area contributed by atoms with E-state index in [1.807, 2.05) is 6.92 Å². The number of phenolic OH excluding ortho intramolecular Hbond substituents is 1. The van der Waals surface area contributed by atoms with Crippen LogP contribution in [0.4, 0.5) is 11.4 Å². The summed E-state index contributed by atoms with van der Waals surface area (Å²) in [7, 11) is 1.53. The second-order valence-corrected chi connectivity index (χ2v) is 4.43. The quantitative estimate of drug-likeness (QED) is 0.750. The van der Waals surface area contributed by atoms with Gasteiger partial charge in [0.05, 0.1) is 24.0 Å². The number of nitrogen functional groups attached to an aromatic ring is 1. The van der Waals surface area contributed by atoms with Gasteiger partial charge >= 0.3 is 0 Å². The van der Waals surface area contributed by atoms with Crippen molar-refractivity contribution in [1.29, 1.82) is 0 Å². The molecule has 5 heteroatoms. The number of nitrogens with two attached hydrogens (primary N) is 1. The second kappa shape index (κ2) is 5.52. The van der Waals surface area contributed by atoms with Crippen molar-refractivity contribution in [2.24, 2.45) is 0 Å². The zero-order valence-corrected chi connectivity index (χ0v) is 11.3. The Labute approximate surface area is 117 Å². The van der Waals surface area contributed by atoms with Crippen LogP contribution in [0.25, 0.3) is 0 Å². The summed E-state index contributed by atoms with van der Waals surface area (Å²) >= 11 is 0. The van der Waals surface area contributed by atoms with Gasteiger partial charge in [-0.25, -0.2) is 0 Å². The van der Waals surface area contributed by atoms with Crippen LogP contribution in [-0.4, -0.2) is 18.1 Å². The highest BCUT2D eigenvalue weighted by molar-refractivity contribution is 6.07. The molecule has 20 heavy (non-hydrogen) atoms. The molecule has 0 fully saturated rings. The average molecular weight is 272 g/mol. The lowest BCUT2D eigenvalue weighted by molar-refractivity contribution is 0.102. The number of anilines is 2. The minimum absolute atomic E-state index is 0.0658. The summed E-state index contributed by atoms with van der Waals surface area (Å²) in [4.78, 5) is 12.1. The minimum Gasteiger partial charge on any atom is -0.507 e. The number of rotatable bonds is 3. The molecule has 5 nitrogen and oxygen atoms in total. The SMILES string of the molecule is COc1ccc(N)c(NC(=O)c2ccc(C)cc2O)c1. The van der Waals surface area contributed by atoms with Gasteiger partial charge in [0.2, 0.25) is 0 Å². The number of carbonyl (C=O) groups excluding carboxylic acids is 1. The van der Waals surface area contributed by atoms with Crippen LogP contribution in [-0.2, 0) is 0 Å². The molecule has 0 aliphatic carbocycles. The van der Waals surface area contributed by atoms with Crippen LogP contribution in [0.2, 0.25) is 0 Å². The van der Waals surface area contributed by atoms with Crippen LogP contribution < -0.4 is 15.8 Å². The molecular weight excluding hydrogens is 256 g/mol. The molecule has 0 atom stereocenters. The zero-order chi connectivity index (χ0) is 14.7. The molecule has 2 rings (SSSR count). The van der Waals surface area contributed by atoms with E-state index in [4.69, 9.17) is 10.5 Å². The first-order valence-corrected chi connectivity index (χ1v) is 6.05. The van der Waals surface area contributed by atoms with Gasteiger partial charge < -0.3 is 20.9 Å². The molecule has 0 radical (unpaired) electrons. The van der Waals surface area contributed by atoms with Crippen LogP contribution in [0.3, 0.4) is 0 Å². The Bertz CT molecular complexity index is 654. The summed E-state index contributed by atoms with van der Waals surface area (Å²) in [5.41, 5.74) is 7.73. The van der Waals surface area contributed by atoms with Gasteiger partial charge in [0.15, 0.2) is 0 Å². The van der Waals surface area contributed by atoms with Crippen LogP contribution >= 0.6 is 0 Å². The lowest BCUT2D eigenvalue weighted by Gasteiger charge is -2.11. The van der Waals surface area contributed by atoms with Crippen molar-refractivity contribution in [1.82, 2.24) is 0 Å². The molecule has 0 aliphatic heterocycles. The minimum atomic E-state index is -0.428. The third-order valence-corrected chi connectivity index (χ3v) is 2.91. The normalized spacial score (nSPS) is 10.1. The first-order valence-electron chi connectivity index (χ1n) is 6.05. The number of ether oxygens (including phenoxy) is 1. The van der Waals surface area contributed by atoms with Gasteiger partial charge in [-0.15, -0.1) is 0 Å². The predicted octanol–water partition coefficient (Wildman–Crippen LogP) is 2.54. The van der Waals surface area contributed by atoms with Crippen molar-refractivity contribution in [3.05, 3.63) is 47.5 Å². The highest BCUT2D eigenvalue weighted by Crippen LogP contribution is 2.26. The first kappa shape index (κ1) is 13.7. The van der Waals surface area contributed by atoms with Crippen molar-refractivity contribution < 1.29 is 14.6 Å². The first-order chi connectivity index (χ1) is 9.51. The van der Waals surface area contributed by atoms with Gasteiger partial charge in [-0.3, -0.25) is 4.79 Å². The average Bonchev–Trinajstić information content (AvgIpc) is 2.41. The number of nitrogens with one attached hydrogen (secondary N) is 1. The largest absolute Gasteiger partial charge is 0.507 e. The standard InChI is InChI=1S/C15H16N2O3/c1-9-3-5-11(14(18)7-9)15(19)17-13-8-10(20-2)4-6-12(13)16/h3-8,18H,16H2,1-2H3,(H,17,19). The van der Waals surface area contributed by atoms with E-state index in [0.717, 1.165) is 5.56 Å². The van der Waals surface area contributed by atoms with Gasteiger partial charge in [0.1, 0.15) is 11.5 Å². The summed E-state index contributed by atoms with van der Waals surface area (Å²) in [6.45, 7) is 1.83. The maximum absolute atomic E-state index is 12.1. The van der Waals surface area contributed by atoms with Gasteiger partial charge in [-0.1, -0.05) is 6.07 Å². The molecule has 104 valence electrons. The number of carbonyl (C=O) groups is 1. The molecule has 0 aliphatic rings. The fourth-order valence-electron chi connectivity index (χ4n) is 1.79. The molecule has 2 aromatic carbocycles. The molecule has 0 aromatic heterocycles. The molecule has 0 saturated carbocycles. The lowest BCUT2D eigenvalue weighted by Crippen LogP contribution is -2.13. The number of aromatic hydroxyl groups is 1. The van der Waals surface area contributed by atoms with Crippen LogP contribution in [0.1, 0.15) is 15.9 Å². The number of phenols is 1. The summed E-state index contributed by atoms with van der Waals surface area (Å²) < 4.78 is 5.08. The Morgan fingerprint density at radius 2 is 2.00 bits per heavy atom. The van der Waals surface area contributed by atoms with E-state index >= 15 is 0 Å². The van der Waals surface area contributed by atoms with Gasteiger partial charge in [0, 0.05) is 6.07 Å². The molecule has 1 amide bonds. The van der Waals surface area contributed by atoms with Crippen LogP contribution in [0, 0.1) is 6.92 Å². The Morgan fingerprint density at radius 3 is 2.65 bits per heavy atom. The monoisotopic (exact) mass is 272 g/mol. The van der Waals surface area contributed by atoms with E-state index in [-0.39, 0.29) is 11.3 Å². The van der Waals surface area contributed by atoms with Crippen molar-refractivity contribution >= 4 is 17.3 Å². The van der Waals surface area contributed by atoms with E-state index in [0.29, 0.717) is 17.1 Å². The van der Waals surface area contributed by atoms with E-state index in [1.54, 1.807) is 30.3 Å². The molecule has 0 saturated heterocycles. The highest BCUT2D eigenvalue weighted by Gasteiger charge is 2.13. The Balaban J connectivity index is 2.27. The van der Waals surface area contributed by atoms with E-state index in [9.17, 15) is 9.90 Å². The number of hydrogen-bond acceptors (Lipinski definition) is 4. The zero-order valence-electron chi connectivity index (χ0n) is 11.3. The maximum Gasteiger partial charge on any atom is 0.259 e. The molecular formula is C15H16N2O3. The van der Waals surface area contributed by atoms with Gasteiger partial charge in [-0.2, -0.15) is 0 Å². The molecule has 0 unspecified atom stereocenters. The van der Waals surface area contributed by atoms with E-state index < -0.39 is 5.91 Å². The lowest BCUT2D eigenvalue weighted by atomic mass is 10.1. The van der Waals surface area contributed by atoms with Crippen molar-refractivity contribution in [3.8, 4) is 11.5 Å². The number of methoxy groups -OCH3 is 1. The Hall–Kier alpha value is -2.69. The molecule has 0 bridgehead atoms. The summed E-state index contributed by atoms with van der Waals surface area (Å²) in [6.07, 6.45) is 0. The van der Waals surface area contributed by atoms with Gasteiger partial charge in [-0.05, 0) is 36.8 Å². The summed E-state index contributed by atoms with van der Waals surface area (Å²) in [6, 6.07) is 9.82. The third-order valence-electron chi connectivity index (χ3n) is 2.91. The third kappa shape index (κ3) is 2.83. The Kier molecular flexibility index (Phi) is 3.79. The van der Waals surface area contributed by atoms with Crippen molar-refractivity contribution in [2.75, 3.05) is 18.2 Å². The van der Waals surface area contributed by atoms with Gasteiger partial charge in [0.25, 0.3) is 5.91 Å². The molecule has 0 heterocycles. The predicted molar refractivity (Wildman–Crippen MR) is 78.2 cm³/mol. The van der Waals surface area contributed by atoms with Crippen LogP contribution in [0.15, 0.2) is 36.4 Å². The molecule has 2 aromatic rings. The Morgan fingerprint density at radius 1 is 1.25 bits per heavy atom. The fraction of sp³-hybridized carbons (Fsp3) is 0.133. The van der Waals surface area contributed by atoms with E-state index in [2.05, 4.69) is 5.32 Å². The number of hydrogen-bond donors (Lipinski definition) is 3. The molecule has 0 spiro atoms. The smallest absolute Gasteiger partial charge is 0.259 e. The molecule has 4 N–H and O–H groups in total. The number of benzene rings is 2.